The molecule has 0 radical (unpaired) electrons. The van der Waals surface area contributed by atoms with Gasteiger partial charge in [0.15, 0.2) is 0 Å². The van der Waals surface area contributed by atoms with Gasteiger partial charge < -0.3 is 16.0 Å². The number of hydrogen-bond acceptors (Lipinski definition) is 5. The summed E-state index contributed by atoms with van der Waals surface area (Å²) >= 11 is 1.60. The zero-order valence-corrected chi connectivity index (χ0v) is 13.3. The van der Waals surface area contributed by atoms with Gasteiger partial charge in [-0.15, -0.1) is 11.3 Å². The molecule has 0 saturated heterocycles. The first kappa shape index (κ1) is 15.3. The Balaban J connectivity index is 2.33. The number of anilines is 2. The van der Waals surface area contributed by atoms with Crippen LogP contribution in [0.15, 0.2) is 29.8 Å². The van der Waals surface area contributed by atoms with Gasteiger partial charge in [-0.05, 0) is 24.6 Å². The number of nitrogens with two attached hydrogens (primary N) is 1. The van der Waals surface area contributed by atoms with Gasteiger partial charge in [-0.1, -0.05) is 6.92 Å². The van der Waals surface area contributed by atoms with Gasteiger partial charge >= 0.3 is 0 Å². The van der Waals surface area contributed by atoms with Crippen LogP contribution in [-0.2, 0) is 0 Å². The lowest BCUT2D eigenvalue weighted by Gasteiger charge is -2.20. The molecule has 1 aromatic carbocycles. The minimum Gasteiger partial charge on any atom is -0.399 e. The van der Waals surface area contributed by atoms with Crippen molar-refractivity contribution < 1.29 is 4.79 Å². The number of nitrogens with one attached hydrogen (secondary N) is 1. The second kappa shape index (κ2) is 6.58. The molecule has 1 aromatic heterocycles. The average molecular weight is 304 g/mol. The predicted molar refractivity (Wildman–Crippen MR) is 87.6 cm³/mol. The second-order valence-electron chi connectivity index (χ2n) is 4.98. The lowest BCUT2D eigenvalue weighted by atomic mass is 10.1. The van der Waals surface area contributed by atoms with E-state index in [1.165, 1.54) is 0 Å². The van der Waals surface area contributed by atoms with Crippen LogP contribution in [0.2, 0.25) is 0 Å². The maximum atomic E-state index is 12.3. The Morgan fingerprint density at radius 3 is 2.81 bits per heavy atom. The molecule has 2 rings (SSSR count). The number of carbonyl (C=O) groups is 1. The molecule has 0 fully saturated rings. The van der Waals surface area contributed by atoms with Crippen LogP contribution in [0.25, 0.3) is 0 Å². The zero-order valence-electron chi connectivity index (χ0n) is 12.5. The fraction of sp³-hybridized carbons (Fsp3) is 0.333. The van der Waals surface area contributed by atoms with Crippen molar-refractivity contribution in [1.29, 1.82) is 0 Å². The fourth-order valence-corrected chi connectivity index (χ4v) is 2.81. The molecule has 2 aromatic rings. The molecule has 0 aliphatic rings. The van der Waals surface area contributed by atoms with Crippen molar-refractivity contribution in [2.45, 2.75) is 19.4 Å². The van der Waals surface area contributed by atoms with Crippen molar-refractivity contribution in [2.24, 2.45) is 0 Å². The van der Waals surface area contributed by atoms with Crippen molar-refractivity contribution >= 4 is 28.6 Å². The van der Waals surface area contributed by atoms with Crippen LogP contribution >= 0.6 is 11.3 Å². The van der Waals surface area contributed by atoms with E-state index in [9.17, 15) is 4.79 Å². The number of benzene rings is 1. The lowest BCUT2D eigenvalue weighted by Crippen LogP contribution is -2.23. The van der Waals surface area contributed by atoms with Gasteiger partial charge in [-0.2, -0.15) is 0 Å². The number of carbonyl (C=O) groups excluding carboxylic acids is 1. The van der Waals surface area contributed by atoms with E-state index >= 15 is 0 Å². The summed E-state index contributed by atoms with van der Waals surface area (Å²) in [7, 11) is 3.47. The largest absolute Gasteiger partial charge is 0.399 e. The van der Waals surface area contributed by atoms with Crippen LogP contribution in [0.1, 0.15) is 34.8 Å². The van der Waals surface area contributed by atoms with Gasteiger partial charge in [-0.25, -0.2) is 4.98 Å². The average Bonchev–Trinajstić information content (AvgIpc) is 2.98. The van der Waals surface area contributed by atoms with Crippen molar-refractivity contribution in [3.63, 3.8) is 0 Å². The highest BCUT2D eigenvalue weighted by Crippen LogP contribution is 2.28. The highest BCUT2D eigenvalue weighted by Gasteiger charge is 2.18. The molecule has 0 spiro atoms. The smallest absolute Gasteiger partial charge is 0.255 e. The van der Waals surface area contributed by atoms with Crippen LogP contribution < -0.4 is 11.1 Å². The molecule has 0 aliphatic heterocycles. The highest BCUT2D eigenvalue weighted by molar-refractivity contribution is 7.09. The van der Waals surface area contributed by atoms with Crippen LogP contribution in [0.5, 0.6) is 0 Å². The summed E-state index contributed by atoms with van der Waals surface area (Å²) < 4.78 is 0. The van der Waals surface area contributed by atoms with E-state index < -0.39 is 0 Å². The molecule has 1 amide bonds. The van der Waals surface area contributed by atoms with E-state index in [1.54, 1.807) is 54.7 Å². The Bertz CT molecular complexity index is 610. The summed E-state index contributed by atoms with van der Waals surface area (Å²) in [5.74, 6) is -0.0495. The maximum Gasteiger partial charge on any atom is 0.255 e. The summed E-state index contributed by atoms with van der Waals surface area (Å²) in [4.78, 5) is 18.2. The second-order valence-corrected chi connectivity index (χ2v) is 5.91. The Kier molecular flexibility index (Phi) is 4.80. The topological polar surface area (TPSA) is 71.2 Å². The van der Waals surface area contributed by atoms with E-state index in [0.29, 0.717) is 11.3 Å². The number of hydrogen-bond donors (Lipinski definition) is 2. The fourth-order valence-electron chi connectivity index (χ4n) is 2.04. The molecular weight excluding hydrogens is 284 g/mol. The third-order valence-electron chi connectivity index (χ3n) is 3.17. The van der Waals surface area contributed by atoms with Crippen LogP contribution in [-0.4, -0.2) is 29.9 Å². The third kappa shape index (κ3) is 3.52. The number of rotatable bonds is 5. The standard InChI is InChI=1S/C15H20N4OS/c1-4-12(14-17-7-8-21-14)18-13-9-10(16)5-6-11(13)15(20)19(2)3/h5-9,12,18H,4,16H2,1-3H3. The van der Waals surface area contributed by atoms with E-state index in [0.717, 1.165) is 17.1 Å². The third-order valence-corrected chi connectivity index (χ3v) is 4.06. The van der Waals surface area contributed by atoms with Gasteiger partial charge in [-0.3, -0.25) is 4.79 Å². The van der Waals surface area contributed by atoms with E-state index in [4.69, 9.17) is 5.73 Å². The van der Waals surface area contributed by atoms with Gasteiger partial charge in [0.25, 0.3) is 5.91 Å². The molecule has 0 bridgehead atoms. The summed E-state index contributed by atoms with van der Waals surface area (Å²) in [5.41, 5.74) is 7.85. The van der Waals surface area contributed by atoms with Gasteiger partial charge in [0.05, 0.1) is 11.6 Å². The van der Waals surface area contributed by atoms with E-state index in [1.807, 2.05) is 5.38 Å². The maximum absolute atomic E-state index is 12.3. The molecule has 1 unspecified atom stereocenters. The van der Waals surface area contributed by atoms with Crippen LogP contribution in [0.4, 0.5) is 11.4 Å². The number of nitrogens with zero attached hydrogens (tertiary/aromatic N) is 2. The number of aromatic nitrogens is 1. The highest BCUT2D eigenvalue weighted by atomic mass is 32.1. The summed E-state index contributed by atoms with van der Waals surface area (Å²) in [6.45, 7) is 2.08. The summed E-state index contributed by atoms with van der Waals surface area (Å²) in [6.07, 6.45) is 2.66. The molecule has 6 heteroatoms. The minimum atomic E-state index is -0.0495. The van der Waals surface area contributed by atoms with Crippen molar-refractivity contribution in [1.82, 2.24) is 9.88 Å². The monoisotopic (exact) mass is 304 g/mol. The predicted octanol–water partition coefficient (Wildman–Crippen LogP) is 2.99. The summed E-state index contributed by atoms with van der Waals surface area (Å²) in [5, 5.41) is 6.35. The van der Waals surface area contributed by atoms with Crippen molar-refractivity contribution in [3.05, 3.63) is 40.3 Å². The Labute approximate surface area is 128 Å². The minimum absolute atomic E-state index is 0.0495. The quantitative estimate of drug-likeness (QED) is 0.833. The molecule has 0 saturated carbocycles. The molecule has 21 heavy (non-hydrogen) atoms. The molecule has 112 valence electrons. The SMILES string of the molecule is CCC(Nc1cc(N)ccc1C(=O)N(C)C)c1nccs1. The Morgan fingerprint density at radius 2 is 2.24 bits per heavy atom. The molecule has 3 N–H and O–H groups in total. The van der Waals surface area contributed by atoms with E-state index in [2.05, 4.69) is 17.2 Å². The van der Waals surface area contributed by atoms with Crippen LogP contribution in [0.3, 0.4) is 0 Å². The van der Waals surface area contributed by atoms with Gasteiger partial charge in [0.1, 0.15) is 5.01 Å². The van der Waals surface area contributed by atoms with Crippen molar-refractivity contribution in [2.75, 3.05) is 25.1 Å². The molecular formula is C15H20N4OS. The first-order valence-corrected chi connectivity index (χ1v) is 7.68. The summed E-state index contributed by atoms with van der Waals surface area (Å²) in [6, 6.07) is 5.37. The zero-order chi connectivity index (χ0) is 15.4. The molecule has 1 atom stereocenters. The Hall–Kier alpha value is -2.08. The van der Waals surface area contributed by atoms with E-state index in [-0.39, 0.29) is 11.9 Å². The first-order valence-electron chi connectivity index (χ1n) is 6.80. The van der Waals surface area contributed by atoms with Gasteiger partial charge in [0.2, 0.25) is 0 Å². The van der Waals surface area contributed by atoms with Crippen LogP contribution in [0, 0.1) is 0 Å². The first-order chi connectivity index (χ1) is 10.0. The number of amides is 1. The van der Waals surface area contributed by atoms with Gasteiger partial charge in [0, 0.05) is 37.0 Å². The molecule has 5 nitrogen and oxygen atoms in total. The number of nitrogen functional groups attached to an aromatic ring is 1. The normalized spacial score (nSPS) is 12.0. The van der Waals surface area contributed by atoms with Crippen molar-refractivity contribution in [3.8, 4) is 0 Å². The Morgan fingerprint density at radius 1 is 1.48 bits per heavy atom. The lowest BCUT2D eigenvalue weighted by molar-refractivity contribution is 0.0828. The molecule has 1 heterocycles. The molecule has 0 aliphatic carbocycles. The number of thiazole rings is 1.